The van der Waals surface area contributed by atoms with Crippen molar-refractivity contribution in [1.29, 1.82) is 0 Å². The van der Waals surface area contributed by atoms with Crippen LogP contribution in [0.5, 0.6) is 0 Å². The van der Waals surface area contributed by atoms with Gasteiger partial charge in [0, 0.05) is 12.1 Å². The topological polar surface area (TPSA) is 52.3 Å². The molecular formula is C16H25NO2. The largest absolute Gasteiger partial charge is 0.460 e. The van der Waals surface area contributed by atoms with Crippen LogP contribution in [0.2, 0.25) is 0 Å². The lowest BCUT2D eigenvalue weighted by Gasteiger charge is -2.19. The summed E-state index contributed by atoms with van der Waals surface area (Å²) in [5.41, 5.74) is 7.36. The van der Waals surface area contributed by atoms with Gasteiger partial charge in [-0.3, -0.25) is 4.79 Å². The molecule has 1 aromatic carbocycles. The molecule has 0 aromatic heterocycles. The Morgan fingerprint density at radius 1 is 1.11 bits per heavy atom. The second-order valence-corrected chi connectivity index (χ2v) is 5.89. The Hall–Kier alpha value is -1.51. The number of unbranched alkanes of at least 4 members (excludes halogenated alkanes) is 2. The normalized spacial score (nSPS) is 11.3. The number of nitrogen functional groups attached to an aromatic ring is 1. The van der Waals surface area contributed by atoms with Gasteiger partial charge >= 0.3 is 5.97 Å². The van der Waals surface area contributed by atoms with Crippen LogP contribution in [0.4, 0.5) is 5.69 Å². The first-order valence-electron chi connectivity index (χ1n) is 6.93. The second-order valence-electron chi connectivity index (χ2n) is 5.89. The zero-order chi connectivity index (χ0) is 14.3. The average Bonchev–Trinajstić information content (AvgIpc) is 2.29. The quantitative estimate of drug-likeness (QED) is 0.483. The highest BCUT2D eigenvalue weighted by Gasteiger charge is 2.15. The molecule has 0 atom stereocenters. The van der Waals surface area contributed by atoms with Crippen LogP contribution < -0.4 is 5.73 Å². The van der Waals surface area contributed by atoms with E-state index in [2.05, 4.69) is 12.1 Å². The van der Waals surface area contributed by atoms with Crippen molar-refractivity contribution in [3.8, 4) is 0 Å². The van der Waals surface area contributed by atoms with Gasteiger partial charge < -0.3 is 10.5 Å². The molecule has 2 N–H and O–H groups in total. The number of hydrogen-bond donors (Lipinski definition) is 1. The van der Waals surface area contributed by atoms with E-state index in [0.717, 1.165) is 31.4 Å². The van der Waals surface area contributed by atoms with E-state index in [0.29, 0.717) is 6.42 Å². The van der Waals surface area contributed by atoms with Crippen LogP contribution in [0.15, 0.2) is 24.3 Å². The van der Waals surface area contributed by atoms with Crippen LogP contribution in [-0.2, 0) is 16.0 Å². The number of benzene rings is 1. The molecule has 1 aromatic rings. The average molecular weight is 263 g/mol. The van der Waals surface area contributed by atoms with Crippen LogP contribution >= 0.6 is 0 Å². The predicted molar refractivity (Wildman–Crippen MR) is 78.9 cm³/mol. The molecule has 0 bridgehead atoms. The first kappa shape index (κ1) is 15.5. The molecule has 3 heteroatoms. The first-order valence-corrected chi connectivity index (χ1v) is 6.93. The van der Waals surface area contributed by atoms with E-state index in [-0.39, 0.29) is 11.6 Å². The summed E-state index contributed by atoms with van der Waals surface area (Å²) in [6.45, 7) is 5.68. The van der Waals surface area contributed by atoms with Gasteiger partial charge in [-0.1, -0.05) is 18.6 Å². The third-order valence-electron chi connectivity index (χ3n) is 2.75. The van der Waals surface area contributed by atoms with Gasteiger partial charge in [-0.2, -0.15) is 0 Å². The molecular weight excluding hydrogens is 238 g/mol. The van der Waals surface area contributed by atoms with Gasteiger partial charge in [0.2, 0.25) is 0 Å². The third-order valence-corrected chi connectivity index (χ3v) is 2.75. The molecule has 0 amide bonds. The Bertz CT molecular complexity index is 390. The lowest BCUT2D eigenvalue weighted by atomic mass is 10.1. The summed E-state index contributed by atoms with van der Waals surface area (Å²) < 4.78 is 5.26. The van der Waals surface area contributed by atoms with Crippen LogP contribution in [0, 0.1) is 0 Å². The number of aryl methyl sites for hydroxylation is 1. The number of anilines is 1. The predicted octanol–water partition coefficient (Wildman–Crippen LogP) is 3.71. The Morgan fingerprint density at radius 2 is 1.74 bits per heavy atom. The maximum Gasteiger partial charge on any atom is 0.306 e. The molecule has 0 saturated carbocycles. The van der Waals surface area contributed by atoms with Crippen LogP contribution in [0.3, 0.4) is 0 Å². The first-order chi connectivity index (χ1) is 8.87. The molecule has 106 valence electrons. The van der Waals surface area contributed by atoms with Crippen molar-refractivity contribution in [3.05, 3.63) is 29.8 Å². The Kier molecular flexibility index (Phi) is 5.87. The van der Waals surface area contributed by atoms with Crippen LogP contribution in [0.25, 0.3) is 0 Å². The van der Waals surface area contributed by atoms with Crippen LogP contribution in [0.1, 0.15) is 52.0 Å². The smallest absolute Gasteiger partial charge is 0.306 e. The Labute approximate surface area is 116 Å². The molecule has 0 fully saturated rings. The summed E-state index contributed by atoms with van der Waals surface area (Å²) in [5, 5.41) is 0. The monoisotopic (exact) mass is 263 g/mol. The summed E-state index contributed by atoms with van der Waals surface area (Å²) >= 11 is 0. The maximum absolute atomic E-state index is 11.5. The van der Waals surface area contributed by atoms with Gasteiger partial charge in [0.05, 0.1) is 0 Å². The van der Waals surface area contributed by atoms with E-state index < -0.39 is 0 Å². The summed E-state index contributed by atoms with van der Waals surface area (Å²) in [5.74, 6) is -0.0972. The van der Waals surface area contributed by atoms with Crippen molar-refractivity contribution in [2.45, 2.75) is 58.5 Å². The number of nitrogens with two attached hydrogens (primary N) is 1. The van der Waals surface area contributed by atoms with E-state index in [4.69, 9.17) is 10.5 Å². The minimum absolute atomic E-state index is 0.0972. The lowest BCUT2D eigenvalue weighted by Crippen LogP contribution is -2.23. The number of rotatable bonds is 6. The zero-order valence-electron chi connectivity index (χ0n) is 12.2. The van der Waals surface area contributed by atoms with Gasteiger partial charge in [0.1, 0.15) is 5.60 Å². The van der Waals surface area contributed by atoms with Crippen molar-refractivity contribution >= 4 is 11.7 Å². The van der Waals surface area contributed by atoms with E-state index in [1.54, 1.807) is 0 Å². The van der Waals surface area contributed by atoms with Crippen molar-refractivity contribution in [2.24, 2.45) is 0 Å². The van der Waals surface area contributed by atoms with Crippen molar-refractivity contribution in [1.82, 2.24) is 0 Å². The fourth-order valence-corrected chi connectivity index (χ4v) is 1.85. The molecule has 0 radical (unpaired) electrons. The van der Waals surface area contributed by atoms with Gasteiger partial charge in [-0.15, -0.1) is 0 Å². The lowest BCUT2D eigenvalue weighted by molar-refractivity contribution is -0.154. The molecule has 0 spiro atoms. The molecule has 0 aliphatic rings. The SMILES string of the molecule is CC(C)(C)OC(=O)CCCCCc1ccc(N)cc1. The maximum atomic E-state index is 11.5. The fraction of sp³-hybridized carbons (Fsp3) is 0.562. The Balaban J connectivity index is 2.11. The second kappa shape index (κ2) is 7.17. The van der Waals surface area contributed by atoms with Crippen LogP contribution in [-0.4, -0.2) is 11.6 Å². The summed E-state index contributed by atoms with van der Waals surface area (Å²) in [7, 11) is 0. The van der Waals surface area contributed by atoms with E-state index in [1.807, 2.05) is 32.9 Å². The minimum atomic E-state index is -0.374. The third kappa shape index (κ3) is 7.50. The number of hydrogen-bond acceptors (Lipinski definition) is 3. The summed E-state index contributed by atoms with van der Waals surface area (Å²) in [6, 6.07) is 7.97. The fourth-order valence-electron chi connectivity index (χ4n) is 1.85. The molecule has 0 unspecified atom stereocenters. The van der Waals surface area contributed by atoms with Gasteiger partial charge in [0.25, 0.3) is 0 Å². The molecule has 0 aliphatic heterocycles. The van der Waals surface area contributed by atoms with Crippen molar-refractivity contribution < 1.29 is 9.53 Å². The number of esters is 1. The molecule has 3 nitrogen and oxygen atoms in total. The molecule has 1 rings (SSSR count). The van der Waals surface area contributed by atoms with E-state index >= 15 is 0 Å². The van der Waals surface area contributed by atoms with Crippen molar-refractivity contribution in [2.75, 3.05) is 5.73 Å². The van der Waals surface area contributed by atoms with E-state index in [1.165, 1.54) is 5.56 Å². The summed E-state index contributed by atoms with van der Waals surface area (Å²) in [6.07, 6.45) is 4.58. The number of ether oxygens (including phenoxy) is 1. The standard InChI is InChI=1S/C16H25NO2/c1-16(2,3)19-15(18)8-6-4-5-7-13-9-11-14(17)12-10-13/h9-12H,4-8,17H2,1-3H3. The van der Waals surface area contributed by atoms with Crippen molar-refractivity contribution in [3.63, 3.8) is 0 Å². The zero-order valence-corrected chi connectivity index (χ0v) is 12.2. The molecule has 0 saturated heterocycles. The number of carbonyl (C=O) groups is 1. The Morgan fingerprint density at radius 3 is 2.32 bits per heavy atom. The van der Waals surface area contributed by atoms with Gasteiger partial charge in [-0.05, 0) is 57.7 Å². The number of carbonyl (C=O) groups excluding carboxylic acids is 1. The highest BCUT2D eigenvalue weighted by molar-refractivity contribution is 5.69. The highest BCUT2D eigenvalue weighted by atomic mass is 16.6. The van der Waals surface area contributed by atoms with Gasteiger partial charge in [-0.25, -0.2) is 0 Å². The van der Waals surface area contributed by atoms with Gasteiger partial charge in [0.15, 0.2) is 0 Å². The highest BCUT2D eigenvalue weighted by Crippen LogP contribution is 2.13. The molecule has 19 heavy (non-hydrogen) atoms. The molecule has 0 heterocycles. The summed E-state index contributed by atoms with van der Waals surface area (Å²) in [4.78, 5) is 11.5. The van der Waals surface area contributed by atoms with E-state index in [9.17, 15) is 4.79 Å². The minimum Gasteiger partial charge on any atom is -0.460 e. The molecule has 0 aliphatic carbocycles.